The molecule has 0 aromatic heterocycles. The molecular weight excluding hydrogens is 358 g/mol. The summed E-state index contributed by atoms with van der Waals surface area (Å²) in [6.07, 6.45) is 2.11. The van der Waals surface area contributed by atoms with Gasteiger partial charge in [-0.15, -0.1) is 0 Å². The molecule has 1 unspecified atom stereocenters. The quantitative estimate of drug-likeness (QED) is 0.525. The molecule has 136 valence electrons. The summed E-state index contributed by atoms with van der Waals surface area (Å²) in [4.78, 5) is -0.106. The summed E-state index contributed by atoms with van der Waals surface area (Å²) in [5.41, 5.74) is 5.50. The summed E-state index contributed by atoms with van der Waals surface area (Å²) >= 11 is 0. The Hall–Kier alpha value is -2.73. The van der Waals surface area contributed by atoms with Gasteiger partial charge in [-0.1, -0.05) is 66.7 Å². The van der Waals surface area contributed by atoms with E-state index in [1.807, 2.05) is 42.5 Å². The van der Waals surface area contributed by atoms with Crippen molar-refractivity contribution in [1.29, 1.82) is 0 Å². The Balaban J connectivity index is 1.82. The smallest absolute Gasteiger partial charge is 0.294 e. The maximum atomic E-state index is 11.4. The lowest BCUT2D eigenvalue weighted by Gasteiger charge is -2.18. The van der Waals surface area contributed by atoms with E-state index in [4.69, 9.17) is 0 Å². The second-order valence-corrected chi connectivity index (χ2v) is 7.94. The van der Waals surface area contributed by atoms with Gasteiger partial charge in [-0.2, -0.15) is 8.42 Å². The second-order valence-electron chi connectivity index (χ2n) is 6.52. The molecule has 0 saturated carbocycles. The van der Waals surface area contributed by atoms with Gasteiger partial charge in [0.2, 0.25) is 0 Å². The van der Waals surface area contributed by atoms with Crippen LogP contribution in [0.2, 0.25) is 0 Å². The van der Waals surface area contributed by atoms with Gasteiger partial charge < -0.3 is 5.32 Å². The van der Waals surface area contributed by atoms with E-state index in [1.54, 1.807) is 12.1 Å². The van der Waals surface area contributed by atoms with Gasteiger partial charge in [-0.25, -0.2) is 0 Å². The van der Waals surface area contributed by atoms with Crippen LogP contribution >= 0.6 is 0 Å². The molecule has 2 N–H and O–H groups in total. The Kier molecular flexibility index (Phi) is 4.66. The summed E-state index contributed by atoms with van der Waals surface area (Å²) in [6.45, 7) is 0.788. The fourth-order valence-corrected chi connectivity index (χ4v) is 3.94. The number of rotatable bonds is 4. The zero-order valence-corrected chi connectivity index (χ0v) is 15.4. The fourth-order valence-electron chi connectivity index (χ4n) is 3.46. The Morgan fingerprint density at radius 3 is 2.30 bits per heavy atom. The molecule has 1 aliphatic rings. The van der Waals surface area contributed by atoms with E-state index < -0.39 is 10.1 Å². The molecule has 1 heterocycles. The van der Waals surface area contributed by atoms with Crippen LogP contribution in [-0.4, -0.2) is 13.0 Å². The topological polar surface area (TPSA) is 66.4 Å². The lowest BCUT2D eigenvalue weighted by Crippen LogP contribution is -2.14. The van der Waals surface area contributed by atoms with E-state index in [1.165, 1.54) is 23.3 Å². The van der Waals surface area contributed by atoms with E-state index in [-0.39, 0.29) is 10.9 Å². The van der Waals surface area contributed by atoms with Crippen LogP contribution in [0.15, 0.2) is 83.8 Å². The third-order valence-corrected chi connectivity index (χ3v) is 5.65. The minimum Gasteiger partial charge on any atom is -0.302 e. The van der Waals surface area contributed by atoms with Crippen molar-refractivity contribution in [2.24, 2.45) is 0 Å². The number of benzene rings is 3. The van der Waals surface area contributed by atoms with Crippen LogP contribution < -0.4 is 5.32 Å². The second kappa shape index (κ2) is 7.12. The Bertz CT molecular complexity index is 1090. The molecule has 3 aromatic rings. The fraction of sp³-hybridized carbons (Fsp3) is 0.0909. The highest BCUT2D eigenvalue weighted by molar-refractivity contribution is 7.85. The van der Waals surface area contributed by atoms with Crippen LogP contribution in [0.3, 0.4) is 0 Å². The summed E-state index contributed by atoms with van der Waals surface area (Å²) in [6, 6.07) is 24.7. The van der Waals surface area contributed by atoms with Crippen molar-refractivity contribution in [3.63, 3.8) is 0 Å². The highest BCUT2D eigenvalue weighted by Gasteiger charge is 2.25. The molecule has 3 aromatic carbocycles. The maximum absolute atomic E-state index is 11.4. The molecule has 4 nitrogen and oxygen atoms in total. The van der Waals surface area contributed by atoms with Crippen molar-refractivity contribution in [3.05, 3.63) is 101 Å². The van der Waals surface area contributed by atoms with Crippen LogP contribution in [0.1, 0.15) is 28.3 Å². The summed E-state index contributed by atoms with van der Waals surface area (Å²) < 4.78 is 31.9. The lowest BCUT2D eigenvalue weighted by atomic mass is 9.91. The van der Waals surface area contributed by atoms with Crippen LogP contribution in [0, 0.1) is 0 Å². The van der Waals surface area contributed by atoms with Crippen molar-refractivity contribution < 1.29 is 13.0 Å². The molecule has 0 spiro atoms. The molecular formula is C22H19NO3S. The van der Waals surface area contributed by atoms with E-state index in [0.29, 0.717) is 0 Å². The molecule has 4 rings (SSSR count). The average Bonchev–Trinajstić information content (AvgIpc) is 3.10. The number of nitrogens with one attached hydrogen (secondary N) is 1. The number of fused-ring (bicyclic) bond motifs is 1. The van der Waals surface area contributed by atoms with Crippen LogP contribution in [0.25, 0.3) is 11.6 Å². The van der Waals surface area contributed by atoms with Crippen molar-refractivity contribution in [1.82, 2.24) is 5.32 Å². The van der Waals surface area contributed by atoms with Crippen molar-refractivity contribution in [2.45, 2.75) is 17.5 Å². The lowest BCUT2D eigenvalue weighted by molar-refractivity contribution is 0.483. The third kappa shape index (κ3) is 3.71. The molecule has 0 saturated heterocycles. The zero-order valence-electron chi connectivity index (χ0n) is 14.5. The molecule has 27 heavy (non-hydrogen) atoms. The van der Waals surface area contributed by atoms with Gasteiger partial charge >= 0.3 is 0 Å². The molecule has 5 heteroatoms. The first-order valence-electron chi connectivity index (χ1n) is 8.68. The SMILES string of the molecule is O=S(=O)(O)c1ccc(C(=Cc2ccccc2)C2NCc3ccccc32)cc1. The highest BCUT2D eigenvalue weighted by Crippen LogP contribution is 2.37. The first kappa shape index (κ1) is 17.7. The van der Waals surface area contributed by atoms with Crippen molar-refractivity contribution >= 4 is 21.8 Å². The Labute approximate surface area is 158 Å². The standard InChI is InChI=1S/C22H19NO3S/c24-27(25,26)19-12-10-17(11-13-19)21(14-16-6-2-1-3-7-16)22-20-9-5-4-8-18(20)15-23-22/h1-14,22-23H,15H2,(H,24,25,26). The molecule has 1 atom stereocenters. The van der Waals surface area contributed by atoms with Gasteiger partial charge in [0.05, 0.1) is 10.9 Å². The molecule has 0 radical (unpaired) electrons. The van der Waals surface area contributed by atoms with Gasteiger partial charge in [-0.3, -0.25) is 4.55 Å². The predicted octanol–water partition coefficient (Wildman–Crippen LogP) is 4.32. The van der Waals surface area contributed by atoms with Crippen LogP contribution in [-0.2, 0) is 16.7 Å². The van der Waals surface area contributed by atoms with Crippen molar-refractivity contribution in [2.75, 3.05) is 0 Å². The van der Waals surface area contributed by atoms with E-state index >= 15 is 0 Å². The molecule has 0 aliphatic carbocycles. The number of hydrogen-bond donors (Lipinski definition) is 2. The molecule has 1 aliphatic heterocycles. The summed E-state index contributed by atoms with van der Waals surface area (Å²) in [5, 5.41) is 3.55. The maximum Gasteiger partial charge on any atom is 0.294 e. The van der Waals surface area contributed by atoms with Gasteiger partial charge in [-0.05, 0) is 46.0 Å². The van der Waals surface area contributed by atoms with Gasteiger partial charge in [0.1, 0.15) is 0 Å². The first-order chi connectivity index (χ1) is 13.0. The third-order valence-electron chi connectivity index (χ3n) is 4.78. The minimum absolute atomic E-state index is 0.0120. The Morgan fingerprint density at radius 1 is 0.926 bits per heavy atom. The van der Waals surface area contributed by atoms with Gasteiger partial charge in [0.15, 0.2) is 0 Å². The zero-order chi connectivity index (χ0) is 18.9. The van der Waals surface area contributed by atoms with Crippen LogP contribution in [0.4, 0.5) is 0 Å². The Morgan fingerprint density at radius 2 is 1.59 bits per heavy atom. The molecule has 0 fully saturated rings. The summed E-state index contributed by atoms with van der Waals surface area (Å²) in [7, 11) is -4.21. The predicted molar refractivity (Wildman–Crippen MR) is 107 cm³/mol. The molecule has 0 amide bonds. The minimum atomic E-state index is -4.21. The number of hydrogen-bond acceptors (Lipinski definition) is 3. The van der Waals surface area contributed by atoms with Crippen LogP contribution in [0.5, 0.6) is 0 Å². The largest absolute Gasteiger partial charge is 0.302 e. The molecule has 0 bridgehead atoms. The monoisotopic (exact) mass is 377 g/mol. The van der Waals surface area contributed by atoms with Gasteiger partial charge in [0.25, 0.3) is 10.1 Å². The normalized spacial score (nSPS) is 16.9. The van der Waals surface area contributed by atoms with Gasteiger partial charge in [0, 0.05) is 6.54 Å². The van der Waals surface area contributed by atoms with Crippen molar-refractivity contribution in [3.8, 4) is 0 Å². The first-order valence-corrected chi connectivity index (χ1v) is 10.1. The van der Waals surface area contributed by atoms with E-state index in [0.717, 1.165) is 23.2 Å². The van der Waals surface area contributed by atoms with E-state index in [2.05, 4.69) is 23.5 Å². The van der Waals surface area contributed by atoms with E-state index in [9.17, 15) is 13.0 Å². The highest BCUT2D eigenvalue weighted by atomic mass is 32.2. The summed E-state index contributed by atoms with van der Waals surface area (Å²) in [5.74, 6) is 0. The average molecular weight is 377 g/mol.